The molecule has 1 aromatic rings. The second-order valence-electron chi connectivity index (χ2n) is 4.67. The number of rotatable bonds is 2. The second kappa shape index (κ2) is 4.56. The first kappa shape index (κ1) is 13.9. The molecule has 0 bridgehead atoms. The van der Waals surface area contributed by atoms with Gasteiger partial charge in [-0.05, 0) is 19.4 Å². The Kier molecular flexibility index (Phi) is 3.34. The lowest BCUT2D eigenvalue weighted by molar-refractivity contribution is -0.140. The molecule has 2 rings (SSSR count). The highest BCUT2D eigenvalue weighted by Gasteiger charge is 2.36. The highest BCUT2D eigenvalue weighted by atomic mass is 32.1. The Morgan fingerprint density at radius 1 is 1.47 bits per heavy atom. The zero-order chi connectivity index (χ0) is 14.3. The number of nitrogens with two attached hydrogens (primary N) is 1. The molecule has 1 heterocycles. The van der Waals surface area contributed by atoms with E-state index >= 15 is 0 Å². The zero-order valence-corrected chi connectivity index (χ0v) is 11.3. The summed E-state index contributed by atoms with van der Waals surface area (Å²) in [6.45, 7) is 1.93. The van der Waals surface area contributed by atoms with Crippen molar-refractivity contribution in [3.63, 3.8) is 0 Å². The standard InChI is InChI=1S/C12H14F3N3S/c1-11(5-3-8(16)4-6-11)18(2)10-17-9(7-19-10)12(13,14)15/h3-5,7H,6,16H2,1-2H3. The van der Waals surface area contributed by atoms with Crippen LogP contribution in [-0.2, 0) is 6.18 Å². The molecule has 1 aliphatic rings. The molecule has 0 radical (unpaired) electrons. The van der Waals surface area contributed by atoms with Gasteiger partial charge in [0.25, 0.3) is 0 Å². The third-order valence-electron chi connectivity index (χ3n) is 3.22. The van der Waals surface area contributed by atoms with E-state index < -0.39 is 17.4 Å². The average molecular weight is 289 g/mol. The minimum atomic E-state index is -4.40. The largest absolute Gasteiger partial charge is 0.434 e. The Morgan fingerprint density at radius 2 is 2.16 bits per heavy atom. The van der Waals surface area contributed by atoms with E-state index in [4.69, 9.17) is 5.73 Å². The van der Waals surface area contributed by atoms with E-state index in [9.17, 15) is 13.2 Å². The Hall–Kier alpha value is -1.50. The number of hydrogen-bond acceptors (Lipinski definition) is 4. The van der Waals surface area contributed by atoms with Crippen LogP contribution in [0.2, 0.25) is 0 Å². The monoisotopic (exact) mass is 289 g/mol. The number of allylic oxidation sites excluding steroid dienone is 1. The van der Waals surface area contributed by atoms with Crippen LogP contribution in [0, 0.1) is 0 Å². The molecule has 0 saturated heterocycles. The summed E-state index contributed by atoms with van der Waals surface area (Å²) >= 11 is 0.986. The van der Waals surface area contributed by atoms with E-state index in [1.807, 2.05) is 19.1 Å². The SMILES string of the molecule is CN(c1nc(C(F)(F)F)cs1)C1(C)C=CC(N)=CC1. The number of anilines is 1. The molecular weight excluding hydrogens is 275 g/mol. The zero-order valence-electron chi connectivity index (χ0n) is 10.5. The van der Waals surface area contributed by atoms with Crippen LogP contribution >= 0.6 is 11.3 Å². The van der Waals surface area contributed by atoms with E-state index in [2.05, 4.69) is 4.98 Å². The van der Waals surface area contributed by atoms with Crippen LogP contribution in [0.5, 0.6) is 0 Å². The van der Waals surface area contributed by atoms with Crippen LogP contribution in [0.25, 0.3) is 0 Å². The first-order chi connectivity index (χ1) is 8.72. The van der Waals surface area contributed by atoms with E-state index in [0.717, 1.165) is 16.7 Å². The lowest BCUT2D eigenvalue weighted by Crippen LogP contribution is -2.43. The van der Waals surface area contributed by atoms with E-state index in [-0.39, 0.29) is 0 Å². The second-order valence-corrected chi connectivity index (χ2v) is 5.51. The number of hydrogen-bond donors (Lipinski definition) is 1. The predicted molar refractivity (Wildman–Crippen MR) is 70.0 cm³/mol. The molecule has 3 nitrogen and oxygen atoms in total. The third-order valence-corrected chi connectivity index (χ3v) is 4.14. The van der Waals surface area contributed by atoms with Crippen LogP contribution in [0.4, 0.5) is 18.3 Å². The van der Waals surface area contributed by atoms with Crippen molar-refractivity contribution in [2.75, 3.05) is 11.9 Å². The fraction of sp³-hybridized carbons (Fsp3) is 0.417. The maximum absolute atomic E-state index is 12.5. The number of alkyl halides is 3. The number of nitrogens with zero attached hydrogens (tertiary/aromatic N) is 2. The number of thiazole rings is 1. The summed E-state index contributed by atoms with van der Waals surface area (Å²) in [5, 5.41) is 1.37. The highest BCUT2D eigenvalue weighted by Crippen LogP contribution is 2.36. The fourth-order valence-electron chi connectivity index (χ4n) is 1.75. The molecule has 1 atom stereocenters. The summed E-state index contributed by atoms with van der Waals surface area (Å²) in [5.41, 5.74) is 5.06. The van der Waals surface area contributed by atoms with Crippen molar-refractivity contribution in [2.24, 2.45) is 5.73 Å². The summed E-state index contributed by atoms with van der Waals surface area (Å²) in [6, 6.07) is 0. The number of likely N-dealkylation sites (N-methyl/N-ethyl adjacent to an activating group) is 1. The topological polar surface area (TPSA) is 42.2 Å². The van der Waals surface area contributed by atoms with Crippen LogP contribution in [0.1, 0.15) is 19.0 Å². The lowest BCUT2D eigenvalue weighted by Gasteiger charge is -2.37. The summed E-state index contributed by atoms with van der Waals surface area (Å²) in [4.78, 5) is 5.40. The summed E-state index contributed by atoms with van der Waals surface area (Å²) in [7, 11) is 1.73. The molecule has 0 saturated carbocycles. The average Bonchev–Trinajstić information content (AvgIpc) is 2.81. The summed E-state index contributed by atoms with van der Waals surface area (Å²) in [6.07, 6.45) is 1.74. The third kappa shape index (κ3) is 2.75. The van der Waals surface area contributed by atoms with Crippen molar-refractivity contribution < 1.29 is 13.2 Å². The summed E-state index contributed by atoms with van der Waals surface area (Å²) < 4.78 is 37.6. The van der Waals surface area contributed by atoms with Gasteiger partial charge in [0.05, 0.1) is 5.54 Å². The van der Waals surface area contributed by atoms with Gasteiger partial charge in [0.1, 0.15) is 0 Å². The molecule has 2 N–H and O–H groups in total. The minimum Gasteiger partial charge on any atom is -0.399 e. The molecule has 7 heteroatoms. The predicted octanol–water partition coefficient (Wildman–Crippen LogP) is 3.16. The van der Waals surface area contributed by atoms with Gasteiger partial charge >= 0.3 is 6.18 Å². The molecule has 1 unspecified atom stereocenters. The van der Waals surface area contributed by atoms with Gasteiger partial charge in [-0.1, -0.05) is 12.2 Å². The van der Waals surface area contributed by atoms with E-state index in [1.165, 1.54) is 0 Å². The van der Waals surface area contributed by atoms with Crippen molar-refractivity contribution in [1.29, 1.82) is 0 Å². The van der Waals surface area contributed by atoms with E-state index in [0.29, 0.717) is 17.2 Å². The van der Waals surface area contributed by atoms with Gasteiger partial charge in [-0.2, -0.15) is 13.2 Å². The first-order valence-electron chi connectivity index (χ1n) is 5.64. The molecule has 19 heavy (non-hydrogen) atoms. The molecule has 0 amide bonds. The molecular formula is C12H14F3N3S. The van der Waals surface area contributed by atoms with Gasteiger partial charge in [0.2, 0.25) is 0 Å². The van der Waals surface area contributed by atoms with Crippen molar-refractivity contribution in [3.05, 3.63) is 35.0 Å². The number of aromatic nitrogens is 1. The van der Waals surface area contributed by atoms with Crippen LogP contribution in [-0.4, -0.2) is 17.6 Å². The van der Waals surface area contributed by atoms with Gasteiger partial charge in [-0.15, -0.1) is 11.3 Å². The highest BCUT2D eigenvalue weighted by molar-refractivity contribution is 7.13. The first-order valence-corrected chi connectivity index (χ1v) is 6.52. The molecule has 0 aromatic carbocycles. The van der Waals surface area contributed by atoms with Gasteiger partial charge in [0, 0.05) is 18.1 Å². The Morgan fingerprint density at radius 3 is 2.63 bits per heavy atom. The Bertz CT molecular complexity index is 533. The normalized spacial score (nSPS) is 23.3. The molecule has 0 aliphatic heterocycles. The van der Waals surface area contributed by atoms with Gasteiger partial charge in [-0.3, -0.25) is 0 Å². The molecule has 0 fully saturated rings. The molecule has 1 aliphatic carbocycles. The summed E-state index contributed by atoms with van der Waals surface area (Å²) in [5.74, 6) is 0. The van der Waals surface area contributed by atoms with Gasteiger partial charge in [0.15, 0.2) is 10.8 Å². The smallest absolute Gasteiger partial charge is 0.399 e. The quantitative estimate of drug-likeness (QED) is 0.909. The molecule has 1 aromatic heterocycles. The molecule has 0 spiro atoms. The van der Waals surface area contributed by atoms with Gasteiger partial charge < -0.3 is 10.6 Å². The van der Waals surface area contributed by atoms with Gasteiger partial charge in [-0.25, -0.2) is 4.98 Å². The number of halogens is 3. The lowest BCUT2D eigenvalue weighted by atomic mass is 9.91. The van der Waals surface area contributed by atoms with Crippen molar-refractivity contribution in [1.82, 2.24) is 4.98 Å². The maximum Gasteiger partial charge on any atom is 0.434 e. The van der Waals surface area contributed by atoms with Crippen molar-refractivity contribution in [2.45, 2.75) is 25.1 Å². The minimum absolute atomic E-state index is 0.341. The van der Waals surface area contributed by atoms with Crippen LogP contribution in [0.3, 0.4) is 0 Å². The van der Waals surface area contributed by atoms with Crippen LogP contribution < -0.4 is 10.6 Å². The fourth-order valence-corrected chi connectivity index (χ4v) is 2.67. The Balaban J connectivity index is 2.23. The van der Waals surface area contributed by atoms with Crippen molar-refractivity contribution in [3.8, 4) is 0 Å². The van der Waals surface area contributed by atoms with E-state index in [1.54, 1.807) is 18.0 Å². The van der Waals surface area contributed by atoms with Crippen LogP contribution in [0.15, 0.2) is 29.3 Å². The molecule has 104 valence electrons. The van der Waals surface area contributed by atoms with Crippen molar-refractivity contribution >= 4 is 16.5 Å². The Labute approximate surface area is 113 Å². The maximum atomic E-state index is 12.5.